The topological polar surface area (TPSA) is 37.8 Å². The molecule has 106 valence electrons. The van der Waals surface area contributed by atoms with Gasteiger partial charge in [-0.15, -0.1) is 0 Å². The first kappa shape index (κ1) is 14.9. The summed E-state index contributed by atoms with van der Waals surface area (Å²) in [5, 5.41) is 2.77. The molecule has 2 rings (SSSR count). The van der Waals surface area contributed by atoms with E-state index in [1.54, 1.807) is 24.3 Å². The number of nitrogens with one attached hydrogen (secondary N) is 1. The van der Waals surface area contributed by atoms with Crippen LogP contribution in [0.25, 0.3) is 0 Å². The van der Waals surface area contributed by atoms with Crippen LogP contribution in [0.1, 0.15) is 11.3 Å². The number of aromatic nitrogens is 2. The molecule has 3 nitrogen and oxygen atoms in total. The van der Waals surface area contributed by atoms with Gasteiger partial charge in [-0.1, -0.05) is 29.8 Å². The lowest BCUT2D eigenvalue weighted by Gasteiger charge is -2.10. The molecule has 1 aromatic carbocycles. The number of rotatable bonds is 3. The molecule has 0 unspecified atom stereocenters. The highest BCUT2D eigenvalue weighted by Gasteiger charge is 2.33. The molecule has 1 heterocycles. The van der Waals surface area contributed by atoms with E-state index < -0.39 is 17.2 Å². The van der Waals surface area contributed by atoms with Gasteiger partial charge in [0.05, 0.1) is 0 Å². The van der Waals surface area contributed by atoms with Gasteiger partial charge in [0.2, 0.25) is 5.28 Å². The molecule has 1 aromatic heterocycles. The van der Waals surface area contributed by atoms with Crippen LogP contribution in [0.5, 0.6) is 0 Å². The summed E-state index contributed by atoms with van der Waals surface area (Å²) in [5.74, 6) is -0.0164. The molecule has 0 bridgehead atoms. The van der Waals surface area contributed by atoms with Crippen molar-refractivity contribution in [1.29, 1.82) is 0 Å². The van der Waals surface area contributed by atoms with Crippen molar-refractivity contribution < 1.29 is 13.2 Å². The summed E-state index contributed by atoms with van der Waals surface area (Å²) in [6.07, 6.45) is -4.58. The summed E-state index contributed by atoms with van der Waals surface area (Å²) in [5.41, 5.74) is -0.364. The molecule has 0 saturated heterocycles. The number of hydrogen-bond donors (Lipinski definition) is 1. The van der Waals surface area contributed by atoms with Crippen molar-refractivity contribution in [1.82, 2.24) is 9.97 Å². The van der Waals surface area contributed by atoms with E-state index in [1.807, 2.05) is 0 Å². The van der Waals surface area contributed by atoms with E-state index in [4.69, 9.17) is 23.2 Å². The number of anilines is 1. The third kappa shape index (κ3) is 3.74. The summed E-state index contributed by atoms with van der Waals surface area (Å²) in [7, 11) is 0. The summed E-state index contributed by atoms with van der Waals surface area (Å²) >= 11 is 11.4. The van der Waals surface area contributed by atoms with Crippen LogP contribution < -0.4 is 5.32 Å². The zero-order valence-corrected chi connectivity index (χ0v) is 11.4. The second-order valence-corrected chi connectivity index (χ2v) is 4.60. The Hall–Kier alpha value is -1.53. The van der Waals surface area contributed by atoms with Gasteiger partial charge in [0.15, 0.2) is 5.69 Å². The van der Waals surface area contributed by atoms with Crippen molar-refractivity contribution in [2.75, 3.05) is 5.32 Å². The zero-order chi connectivity index (χ0) is 14.8. The molecule has 0 saturated carbocycles. The lowest BCUT2D eigenvalue weighted by molar-refractivity contribution is -0.141. The van der Waals surface area contributed by atoms with Gasteiger partial charge in [-0.05, 0) is 23.2 Å². The van der Waals surface area contributed by atoms with Crippen molar-refractivity contribution >= 4 is 29.0 Å². The lowest BCUT2D eigenvalue weighted by Crippen LogP contribution is -2.11. The zero-order valence-electron chi connectivity index (χ0n) is 9.88. The fourth-order valence-electron chi connectivity index (χ4n) is 1.48. The average Bonchev–Trinajstić information content (AvgIpc) is 2.36. The minimum atomic E-state index is -4.58. The van der Waals surface area contributed by atoms with E-state index in [2.05, 4.69) is 15.3 Å². The van der Waals surface area contributed by atoms with Gasteiger partial charge in [-0.2, -0.15) is 13.2 Å². The number of alkyl halides is 3. The van der Waals surface area contributed by atoms with E-state index >= 15 is 0 Å². The summed E-state index contributed by atoms with van der Waals surface area (Å²) in [4.78, 5) is 6.83. The fraction of sp³-hybridized carbons (Fsp3) is 0.167. The van der Waals surface area contributed by atoms with Crippen molar-refractivity contribution in [3.8, 4) is 0 Å². The number of nitrogens with zero attached hydrogens (tertiary/aromatic N) is 2. The van der Waals surface area contributed by atoms with Crippen LogP contribution in [0.3, 0.4) is 0 Å². The summed E-state index contributed by atoms with van der Waals surface area (Å²) in [6.45, 7) is 0.227. The number of hydrogen-bond acceptors (Lipinski definition) is 3. The van der Waals surface area contributed by atoms with Gasteiger partial charge in [0.1, 0.15) is 5.82 Å². The third-order valence-corrected chi connectivity index (χ3v) is 2.94. The second-order valence-electron chi connectivity index (χ2n) is 3.85. The second kappa shape index (κ2) is 5.85. The Morgan fingerprint density at radius 3 is 2.45 bits per heavy atom. The number of halogens is 5. The van der Waals surface area contributed by atoms with Crippen LogP contribution in [0.2, 0.25) is 10.3 Å². The van der Waals surface area contributed by atoms with E-state index in [-0.39, 0.29) is 12.4 Å². The van der Waals surface area contributed by atoms with Crippen molar-refractivity contribution in [3.63, 3.8) is 0 Å². The monoisotopic (exact) mass is 321 g/mol. The molecule has 2 aromatic rings. The van der Waals surface area contributed by atoms with Gasteiger partial charge in [-0.3, -0.25) is 0 Å². The first-order valence-corrected chi connectivity index (χ1v) is 6.21. The highest BCUT2D eigenvalue weighted by molar-refractivity contribution is 6.31. The maximum atomic E-state index is 12.6. The maximum absolute atomic E-state index is 12.6. The number of benzene rings is 1. The minimum absolute atomic E-state index is 0.0164. The molecule has 0 fully saturated rings. The molecule has 0 radical (unpaired) electrons. The van der Waals surface area contributed by atoms with Gasteiger partial charge in [-0.25, -0.2) is 9.97 Å². The molecule has 0 aliphatic rings. The molecule has 0 amide bonds. The van der Waals surface area contributed by atoms with Crippen LogP contribution >= 0.6 is 23.2 Å². The standard InChI is InChI=1S/C12H8Cl2F3N3/c13-8-4-2-1-3-7(8)6-18-10-5-9(12(15,16)17)19-11(14)20-10/h1-5H,6H2,(H,18,19,20). The van der Waals surface area contributed by atoms with Gasteiger partial charge >= 0.3 is 6.18 Å². The van der Waals surface area contributed by atoms with Crippen LogP contribution in [0.15, 0.2) is 30.3 Å². The molecule has 0 aliphatic carbocycles. The van der Waals surface area contributed by atoms with Gasteiger partial charge in [0, 0.05) is 17.6 Å². The highest BCUT2D eigenvalue weighted by Crippen LogP contribution is 2.29. The van der Waals surface area contributed by atoms with Crippen molar-refractivity contribution in [3.05, 3.63) is 51.9 Å². The Kier molecular flexibility index (Phi) is 4.35. The van der Waals surface area contributed by atoms with E-state index in [0.29, 0.717) is 5.02 Å². The predicted octanol–water partition coefficient (Wildman–Crippen LogP) is 4.41. The Morgan fingerprint density at radius 2 is 1.80 bits per heavy atom. The largest absolute Gasteiger partial charge is 0.433 e. The summed E-state index contributed by atoms with van der Waals surface area (Å²) < 4.78 is 37.7. The highest BCUT2D eigenvalue weighted by atomic mass is 35.5. The quantitative estimate of drug-likeness (QED) is 0.851. The van der Waals surface area contributed by atoms with Gasteiger partial charge in [0.25, 0.3) is 0 Å². The molecule has 0 aliphatic heterocycles. The first-order chi connectivity index (χ1) is 9.36. The van der Waals surface area contributed by atoms with Crippen molar-refractivity contribution in [2.24, 2.45) is 0 Å². The average molecular weight is 322 g/mol. The molecule has 8 heteroatoms. The predicted molar refractivity (Wildman–Crippen MR) is 70.8 cm³/mol. The molecule has 1 N–H and O–H groups in total. The minimum Gasteiger partial charge on any atom is -0.366 e. The van der Waals surface area contributed by atoms with E-state index in [0.717, 1.165) is 11.6 Å². The molecule has 20 heavy (non-hydrogen) atoms. The van der Waals surface area contributed by atoms with Crippen LogP contribution in [-0.4, -0.2) is 9.97 Å². The molecular formula is C12H8Cl2F3N3. The summed E-state index contributed by atoms with van der Waals surface area (Å²) in [6, 6.07) is 7.77. The van der Waals surface area contributed by atoms with Crippen LogP contribution in [0.4, 0.5) is 19.0 Å². The Labute approximate surface area is 122 Å². The lowest BCUT2D eigenvalue weighted by atomic mass is 10.2. The van der Waals surface area contributed by atoms with E-state index in [1.165, 1.54) is 0 Å². The normalized spacial score (nSPS) is 11.4. The third-order valence-electron chi connectivity index (χ3n) is 2.41. The smallest absolute Gasteiger partial charge is 0.366 e. The fourth-order valence-corrected chi connectivity index (χ4v) is 1.87. The van der Waals surface area contributed by atoms with Crippen LogP contribution in [-0.2, 0) is 12.7 Å². The maximum Gasteiger partial charge on any atom is 0.433 e. The van der Waals surface area contributed by atoms with E-state index in [9.17, 15) is 13.2 Å². The Morgan fingerprint density at radius 1 is 1.10 bits per heavy atom. The molecular weight excluding hydrogens is 314 g/mol. The van der Waals surface area contributed by atoms with Crippen LogP contribution in [0, 0.1) is 0 Å². The Bertz CT molecular complexity index is 617. The van der Waals surface area contributed by atoms with Crippen molar-refractivity contribution in [2.45, 2.75) is 12.7 Å². The molecule has 0 atom stereocenters. The first-order valence-electron chi connectivity index (χ1n) is 5.45. The van der Waals surface area contributed by atoms with Gasteiger partial charge < -0.3 is 5.32 Å². The molecule has 0 spiro atoms. The SMILES string of the molecule is FC(F)(F)c1cc(NCc2ccccc2Cl)nc(Cl)n1. The Balaban J connectivity index is 2.18.